The molecule has 2 saturated heterocycles. The standard InChI is InChI=1S/C15H17F3N6O/c1-9-20-13(22-25-9)8-23-4-10-6-24(7-11(10)5-23)14-19-3-2-12(21-14)15(16,17)18/h2-3,10-11H,4-8H2,1H3. The topological polar surface area (TPSA) is 71.2 Å². The molecule has 10 heteroatoms. The zero-order chi connectivity index (χ0) is 17.6. The van der Waals surface area contributed by atoms with Crippen molar-refractivity contribution in [2.75, 3.05) is 31.1 Å². The largest absolute Gasteiger partial charge is 0.433 e. The minimum atomic E-state index is -4.45. The van der Waals surface area contributed by atoms with Crippen molar-refractivity contribution in [3.05, 3.63) is 29.7 Å². The number of rotatable bonds is 3. The molecule has 0 spiro atoms. The number of nitrogens with zero attached hydrogens (tertiary/aromatic N) is 6. The van der Waals surface area contributed by atoms with Crippen LogP contribution in [0.4, 0.5) is 19.1 Å². The average molecular weight is 354 g/mol. The molecule has 2 fully saturated rings. The first-order valence-corrected chi connectivity index (χ1v) is 8.05. The highest BCUT2D eigenvalue weighted by atomic mass is 19.4. The van der Waals surface area contributed by atoms with Crippen molar-refractivity contribution in [3.63, 3.8) is 0 Å². The Morgan fingerprint density at radius 1 is 1.16 bits per heavy atom. The number of hydrogen-bond acceptors (Lipinski definition) is 7. The third-order valence-electron chi connectivity index (χ3n) is 4.71. The van der Waals surface area contributed by atoms with Crippen LogP contribution in [0.3, 0.4) is 0 Å². The van der Waals surface area contributed by atoms with Gasteiger partial charge in [0.05, 0.1) is 6.54 Å². The highest BCUT2D eigenvalue weighted by Gasteiger charge is 2.41. The Labute approximate surface area is 141 Å². The van der Waals surface area contributed by atoms with Crippen molar-refractivity contribution >= 4 is 5.95 Å². The molecule has 0 amide bonds. The van der Waals surface area contributed by atoms with Crippen LogP contribution in [0.25, 0.3) is 0 Å². The Bertz CT molecular complexity index is 750. The summed E-state index contributed by atoms with van der Waals surface area (Å²) >= 11 is 0. The Morgan fingerprint density at radius 2 is 1.88 bits per heavy atom. The van der Waals surface area contributed by atoms with E-state index in [1.807, 2.05) is 4.90 Å². The SMILES string of the molecule is Cc1nc(CN2CC3CN(c4nccc(C(F)(F)F)n4)CC3C2)no1. The van der Waals surface area contributed by atoms with Crippen molar-refractivity contribution < 1.29 is 17.7 Å². The van der Waals surface area contributed by atoms with E-state index < -0.39 is 11.9 Å². The smallest absolute Gasteiger partial charge is 0.340 e. The summed E-state index contributed by atoms with van der Waals surface area (Å²) < 4.78 is 43.4. The number of halogens is 3. The van der Waals surface area contributed by atoms with Gasteiger partial charge < -0.3 is 9.42 Å². The minimum absolute atomic E-state index is 0.157. The van der Waals surface area contributed by atoms with Gasteiger partial charge in [-0.2, -0.15) is 18.2 Å². The molecule has 0 bridgehead atoms. The highest BCUT2D eigenvalue weighted by molar-refractivity contribution is 5.34. The molecule has 7 nitrogen and oxygen atoms in total. The lowest BCUT2D eigenvalue weighted by molar-refractivity contribution is -0.141. The Morgan fingerprint density at radius 3 is 2.48 bits per heavy atom. The Kier molecular flexibility index (Phi) is 3.86. The number of hydrogen-bond donors (Lipinski definition) is 0. The fourth-order valence-electron chi connectivity index (χ4n) is 3.65. The lowest BCUT2D eigenvalue weighted by Crippen LogP contribution is -2.30. The molecular formula is C15H17F3N6O. The van der Waals surface area contributed by atoms with Gasteiger partial charge in [-0.1, -0.05) is 5.16 Å². The molecule has 2 aromatic heterocycles. The molecule has 25 heavy (non-hydrogen) atoms. The molecule has 2 aromatic rings. The average Bonchev–Trinajstić information content (AvgIpc) is 3.22. The van der Waals surface area contributed by atoms with E-state index in [-0.39, 0.29) is 5.95 Å². The van der Waals surface area contributed by atoms with E-state index >= 15 is 0 Å². The lowest BCUT2D eigenvalue weighted by atomic mass is 10.0. The maximum atomic E-state index is 12.8. The van der Waals surface area contributed by atoms with Gasteiger partial charge in [-0.25, -0.2) is 9.97 Å². The second kappa shape index (κ2) is 5.94. The third-order valence-corrected chi connectivity index (χ3v) is 4.71. The number of anilines is 1. The molecule has 2 unspecified atom stereocenters. The van der Waals surface area contributed by atoms with Gasteiger partial charge >= 0.3 is 6.18 Å². The van der Waals surface area contributed by atoms with E-state index in [1.54, 1.807) is 6.92 Å². The summed E-state index contributed by atoms with van der Waals surface area (Å²) in [5, 5.41) is 3.90. The summed E-state index contributed by atoms with van der Waals surface area (Å²) in [5.41, 5.74) is -0.899. The van der Waals surface area contributed by atoms with E-state index in [0.717, 1.165) is 19.2 Å². The van der Waals surface area contributed by atoms with Gasteiger partial charge in [0.15, 0.2) is 5.82 Å². The van der Waals surface area contributed by atoms with Crippen LogP contribution in [0.15, 0.2) is 16.8 Å². The van der Waals surface area contributed by atoms with Gasteiger partial charge in [0.1, 0.15) is 5.69 Å². The molecule has 134 valence electrons. The number of aryl methyl sites for hydroxylation is 1. The van der Waals surface area contributed by atoms with Crippen molar-refractivity contribution in [2.45, 2.75) is 19.6 Å². The van der Waals surface area contributed by atoms with E-state index in [4.69, 9.17) is 4.52 Å². The summed E-state index contributed by atoms with van der Waals surface area (Å²) in [4.78, 5) is 16.0. The van der Waals surface area contributed by atoms with Crippen molar-refractivity contribution in [2.24, 2.45) is 11.8 Å². The molecule has 0 saturated carbocycles. The van der Waals surface area contributed by atoms with Crippen LogP contribution in [0.2, 0.25) is 0 Å². The molecule has 4 heterocycles. The van der Waals surface area contributed by atoms with Gasteiger partial charge in [-0.3, -0.25) is 4.90 Å². The van der Waals surface area contributed by atoms with Crippen LogP contribution >= 0.6 is 0 Å². The second-order valence-corrected chi connectivity index (χ2v) is 6.59. The molecule has 0 aromatic carbocycles. The highest BCUT2D eigenvalue weighted by Crippen LogP contribution is 2.34. The summed E-state index contributed by atoms with van der Waals surface area (Å²) in [6.07, 6.45) is -3.28. The van der Waals surface area contributed by atoms with Crippen LogP contribution in [-0.2, 0) is 12.7 Å². The minimum Gasteiger partial charge on any atom is -0.340 e. The third kappa shape index (κ3) is 3.30. The number of fused-ring (bicyclic) bond motifs is 1. The molecule has 2 aliphatic heterocycles. The van der Waals surface area contributed by atoms with Crippen LogP contribution in [-0.4, -0.2) is 51.2 Å². The Balaban J connectivity index is 1.39. The van der Waals surface area contributed by atoms with Crippen LogP contribution < -0.4 is 4.90 Å². The molecular weight excluding hydrogens is 337 g/mol. The zero-order valence-electron chi connectivity index (χ0n) is 13.6. The number of likely N-dealkylation sites (tertiary alicyclic amines) is 1. The Hall–Kier alpha value is -2.23. The van der Waals surface area contributed by atoms with Gasteiger partial charge in [-0.15, -0.1) is 0 Å². The lowest BCUT2D eigenvalue weighted by Gasteiger charge is -2.21. The first-order chi connectivity index (χ1) is 11.9. The summed E-state index contributed by atoms with van der Waals surface area (Å²) in [5.74, 6) is 2.12. The number of aromatic nitrogens is 4. The van der Waals surface area contributed by atoms with Gasteiger partial charge in [0.25, 0.3) is 0 Å². The van der Waals surface area contributed by atoms with E-state index in [2.05, 4.69) is 25.0 Å². The first-order valence-electron chi connectivity index (χ1n) is 8.05. The number of alkyl halides is 3. The van der Waals surface area contributed by atoms with Gasteiger partial charge in [0, 0.05) is 39.3 Å². The second-order valence-electron chi connectivity index (χ2n) is 6.59. The zero-order valence-corrected chi connectivity index (χ0v) is 13.6. The fraction of sp³-hybridized carbons (Fsp3) is 0.600. The quantitative estimate of drug-likeness (QED) is 0.832. The summed E-state index contributed by atoms with van der Waals surface area (Å²) in [6.45, 7) is 5.41. The molecule has 0 N–H and O–H groups in total. The predicted molar refractivity (Wildman–Crippen MR) is 80.5 cm³/mol. The molecule has 0 aliphatic carbocycles. The molecule has 4 rings (SSSR count). The van der Waals surface area contributed by atoms with Crippen LogP contribution in [0.1, 0.15) is 17.4 Å². The first kappa shape index (κ1) is 16.2. The molecule has 2 aliphatic rings. The van der Waals surface area contributed by atoms with Gasteiger partial charge in [0.2, 0.25) is 11.8 Å². The van der Waals surface area contributed by atoms with Crippen LogP contribution in [0, 0.1) is 18.8 Å². The van der Waals surface area contributed by atoms with Crippen molar-refractivity contribution in [1.82, 2.24) is 25.0 Å². The monoisotopic (exact) mass is 354 g/mol. The van der Waals surface area contributed by atoms with Crippen molar-refractivity contribution in [3.8, 4) is 0 Å². The fourth-order valence-corrected chi connectivity index (χ4v) is 3.65. The summed E-state index contributed by atoms with van der Waals surface area (Å²) in [6, 6.07) is 0.898. The van der Waals surface area contributed by atoms with Crippen molar-refractivity contribution in [1.29, 1.82) is 0 Å². The maximum absolute atomic E-state index is 12.8. The van der Waals surface area contributed by atoms with Crippen LogP contribution in [0.5, 0.6) is 0 Å². The summed E-state index contributed by atoms with van der Waals surface area (Å²) in [7, 11) is 0. The van der Waals surface area contributed by atoms with E-state index in [0.29, 0.717) is 43.2 Å². The normalized spacial score (nSPS) is 24.1. The maximum Gasteiger partial charge on any atom is 0.433 e. The molecule has 2 atom stereocenters. The van der Waals surface area contributed by atoms with E-state index in [9.17, 15) is 13.2 Å². The van der Waals surface area contributed by atoms with Gasteiger partial charge in [-0.05, 0) is 17.9 Å². The van der Waals surface area contributed by atoms with E-state index in [1.165, 1.54) is 6.20 Å². The predicted octanol–water partition coefficient (Wildman–Crippen LogP) is 1.76. The molecule has 0 radical (unpaired) electrons.